The van der Waals surface area contributed by atoms with E-state index in [2.05, 4.69) is 268 Å². The van der Waals surface area contributed by atoms with E-state index in [1.54, 1.807) is 0 Å². The lowest BCUT2D eigenvalue weighted by Gasteiger charge is -2.35. The Morgan fingerprint density at radius 1 is 0.269 bits per heavy atom. The summed E-state index contributed by atoms with van der Waals surface area (Å²) in [7, 11) is 0. The van der Waals surface area contributed by atoms with Gasteiger partial charge in [-0.1, -0.05) is 206 Å². The van der Waals surface area contributed by atoms with Gasteiger partial charge in [0.25, 0.3) is 0 Å². The Bertz CT molecular complexity index is 3960. The van der Waals surface area contributed by atoms with Crippen LogP contribution in [0, 0.1) is 0 Å². The summed E-state index contributed by atoms with van der Waals surface area (Å²) in [6.07, 6.45) is 0. The molecule has 0 bridgehead atoms. The maximum absolute atomic E-state index is 10.5. The van der Waals surface area contributed by atoms with Crippen molar-refractivity contribution in [1.29, 1.82) is 0 Å². The fourth-order valence-electron chi connectivity index (χ4n) is 11.6. The summed E-state index contributed by atoms with van der Waals surface area (Å²) < 4.78 is 13.6. The average molecular weight is 1010 g/mol. The SMILES string of the molecule is CC(c1ccc(-c2ccc3ccccc3c2)cc1)(c1cc(-c2ccc3ccccc3c2)c(OCCO)c(-c2ccc3ccccc3c2)c1)c1cc(-c2ccc3ccccc3c2)c(OCCO)c(-c2ccc3ccccc3c2)c1. The molecule has 0 spiro atoms. The van der Waals surface area contributed by atoms with Gasteiger partial charge < -0.3 is 19.7 Å². The van der Waals surface area contributed by atoms with Gasteiger partial charge in [-0.15, -0.1) is 0 Å². The van der Waals surface area contributed by atoms with Crippen molar-refractivity contribution in [3.05, 3.63) is 278 Å². The first-order valence-electron chi connectivity index (χ1n) is 26.8. The van der Waals surface area contributed by atoms with Gasteiger partial charge in [-0.2, -0.15) is 0 Å². The summed E-state index contributed by atoms with van der Waals surface area (Å²) >= 11 is 0. The number of aliphatic hydroxyl groups excluding tert-OH is 2. The van der Waals surface area contributed by atoms with Crippen molar-refractivity contribution in [1.82, 2.24) is 0 Å². The first kappa shape index (κ1) is 48.3. The molecule has 0 atom stereocenters. The summed E-state index contributed by atoms with van der Waals surface area (Å²) in [5, 5.41) is 32.4. The quantitative estimate of drug-likeness (QED) is 0.107. The Hall–Kier alpha value is -9.32. The third-order valence-corrected chi connectivity index (χ3v) is 15.8. The fourth-order valence-corrected chi connectivity index (χ4v) is 11.6. The van der Waals surface area contributed by atoms with E-state index in [4.69, 9.17) is 9.47 Å². The van der Waals surface area contributed by atoms with E-state index in [1.807, 2.05) is 0 Å². The number of rotatable bonds is 14. The summed E-state index contributed by atoms with van der Waals surface area (Å²) in [5.74, 6) is 1.41. The van der Waals surface area contributed by atoms with Gasteiger partial charge in [-0.25, -0.2) is 0 Å². The molecule has 0 aliphatic heterocycles. The maximum Gasteiger partial charge on any atom is 0.135 e. The molecule has 2 N–H and O–H groups in total. The maximum atomic E-state index is 10.5. The van der Waals surface area contributed by atoms with E-state index in [9.17, 15) is 10.2 Å². The van der Waals surface area contributed by atoms with Crippen molar-refractivity contribution < 1.29 is 19.7 Å². The molecule has 0 fully saturated rings. The zero-order valence-electron chi connectivity index (χ0n) is 43.4. The van der Waals surface area contributed by atoms with E-state index in [1.165, 1.54) is 10.8 Å². The number of hydrogen-bond acceptors (Lipinski definition) is 4. The standard InChI is InChI=1S/C74H56O4/c1-74(65-34-32-54(33-35-65)60-27-22-49-12-2-7-17-55(49)40-60,66-45-68(61-28-23-50-13-3-8-18-56(50)41-61)72(77-38-36-75)69(46-66)62-29-24-51-14-4-9-19-57(51)42-62)67-47-70(63-30-25-52-15-5-10-20-58(52)43-63)73(78-39-37-76)71(48-67)64-31-26-53-16-6-11-21-59(53)44-64/h2-35,40-48,75-76H,36-39H2,1H3. The zero-order valence-corrected chi connectivity index (χ0v) is 43.4. The number of fused-ring (bicyclic) bond motifs is 5. The van der Waals surface area contributed by atoms with Crippen LogP contribution in [-0.4, -0.2) is 36.6 Å². The van der Waals surface area contributed by atoms with E-state index >= 15 is 0 Å². The lowest BCUT2D eigenvalue weighted by Crippen LogP contribution is -2.26. The molecule has 0 saturated heterocycles. The lowest BCUT2D eigenvalue weighted by atomic mass is 9.68. The van der Waals surface area contributed by atoms with Gasteiger partial charge >= 0.3 is 0 Å². The molecule has 0 aliphatic rings. The second kappa shape index (κ2) is 20.7. The van der Waals surface area contributed by atoms with E-state index in [0.29, 0.717) is 11.5 Å². The molecular weight excluding hydrogens is 953 g/mol. The smallest absolute Gasteiger partial charge is 0.135 e. The highest BCUT2D eigenvalue weighted by Gasteiger charge is 2.36. The minimum absolute atomic E-state index is 0.119. The van der Waals surface area contributed by atoms with Crippen LogP contribution in [0.3, 0.4) is 0 Å². The lowest BCUT2D eigenvalue weighted by molar-refractivity contribution is 0.202. The first-order chi connectivity index (χ1) is 38.4. The van der Waals surface area contributed by atoms with Gasteiger partial charge in [-0.05, 0) is 165 Å². The second-order valence-electron chi connectivity index (χ2n) is 20.5. The molecule has 13 aromatic carbocycles. The molecule has 4 heteroatoms. The van der Waals surface area contributed by atoms with Crippen LogP contribution in [-0.2, 0) is 5.41 Å². The largest absolute Gasteiger partial charge is 0.490 e. The third kappa shape index (κ3) is 9.01. The number of hydrogen-bond donors (Lipinski definition) is 2. The van der Waals surface area contributed by atoms with Crippen LogP contribution >= 0.6 is 0 Å². The third-order valence-electron chi connectivity index (χ3n) is 15.8. The minimum Gasteiger partial charge on any atom is -0.490 e. The topological polar surface area (TPSA) is 58.9 Å². The molecule has 0 amide bonds. The summed E-state index contributed by atoms with van der Waals surface area (Å²) in [5.41, 5.74) is 12.3. The highest BCUT2D eigenvalue weighted by atomic mass is 16.5. The molecule has 0 unspecified atom stereocenters. The Kier molecular flexibility index (Phi) is 12.8. The van der Waals surface area contributed by atoms with Crippen molar-refractivity contribution in [2.24, 2.45) is 0 Å². The van der Waals surface area contributed by atoms with E-state index < -0.39 is 5.41 Å². The summed E-state index contributed by atoms with van der Waals surface area (Å²) in [6.45, 7) is 2.31. The Morgan fingerprint density at radius 2 is 0.526 bits per heavy atom. The van der Waals surface area contributed by atoms with Gasteiger partial charge in [0.2, 0.25) is 0 Å². The van der Waals surface area contributed by atoms with E-state index in [0.717, 1.165) is 115 Å². The minimum atomic E-state index is -0.860. The highest BCUT2D eigenvalue weighted by molar-refractivity contribution is 5.97. The van der Waals surface area contributed by atoms with Gasteiger partial charge in [0, 0.05) is 27.7 Å². The van der Waals surface area contributed by atoms with Gasteiger partial charge in [0.05, 0.1) is 13.2 Å². The van der Waals surface area contributed by atoms with Crippen molar-refractivity contribution in [2.75, 3.05) is 26.4 Å². The highest BCUT2D eigenvalue weighted by Crippen LogP contribution is 2.51. The van der Waals surface area contributed by atoms with Crippen LogP contribution in [0.1, 0.15) is 23.6 Å². The van der Waals surface area contributed by atoms with Gasteiger partial charge in [-0.3, -0.25) is 0 Å². The predicted octanol–water partition coefficient (Wildman–Crippen LogP) is 17.9. The second-order valence-corrected chi connectivity index (χ2v) is 20.5. The Morgan fingerprint density at radius 3 is 0.821 bits per heavy atom. The van der Waals surface area contributed by atoms with Crippen molar-refractivity contribution >= 4 is 53.9 Å². The Labute approximate surface area is 454 Å². The molecule has 78 heavy (non-hydrogen) atoms. The van der Waals surface area contributed by atoms with Crippen LogP contribution in [0.4, 0.5) is 0 Å². The normalized spacial score (nSPS) is 11.7. The molecule has 0 aromatic heterocycles. The molecule has 13 rings (SSSR count). The molecule has 376 valence electrons. The van der Waals surface area contributed by atoms with E-state index in [-0.39, 0.29) is 26.4 Å². The van der Waals surface area contributed by atoms with Gasteiger partial charge in [0.1, 0.15) is 24.7 Å². The van der Waals surface area contributed by atoms with Crippen LogP contribution in [0.5, 0.6) is 11.5 Å². The van der Waals surface area contributed by atoms with Gasteiger partial charge in [0.15, 0.2) is 0 Å². The zero-order chi connectivity index (χ0) is 52.6. The molecular formula is C74H56O4. The van der Waals surface area contributed by atoms with Crippen molar-refractivity contribution in [2.45, 2.75) is 12.3 Å². The molecule has 0 aliphatic carbocycles. The first-order valence-corrected chi connectivity index (χ1v) is 26.8. The Balaban J connectivity index is 1.13. The van der Waals surface area contributed by atoms with Crippen LogP contribution in [0.15, 0.2) is 261 Å². The molecule has 0 radical (unpaired) electrons. The van der Waals surface area contributed by atoms with Crippen LogP contribution in [0.2, 0.25) is 0 Å². The predicted molar refractivity (Wildman–Crippen MR) is 325 cm³/mol. The summed E-state index contributed by atoms with van der Waals surface area (Å²) in [4.78, 5) is 0. The number of ether oxygens (including phenoxy) is 2. The monoisotopic (exact) mass is 1010 g/mol. The number of benzene rings is 13. The van der Waals surface area contributed by atoms with Crippen molar-refractivity contribution in [3.63, 3.8) is 0 Å². The summed E-state index contributed by atoms with van der Waals surface area (Å²) in [6, 6.07) is 94.0. The molecule has 13 aromatic rings. The number of aliphatic hydroxyl groups is 2. The average Bonchev–Trinajstić information content (AvgIpc) is 3.66. The van der Waals surface area contributed by atoms with Crippen LogP contribution in [0.25, 0.3) is 109 Å². The van der Waals surface area contributed by atoms with Crippen LogP contribution < -0.4 is 9.47 Å². The van der Waals surface area contributed by atoms with Crippen molar-refractivity contribution in [3.8, 4) is 67.1 Å². The molecule has 4 nitrogen and oxygen atoms in total. The molecule has 0 heterocycles. The molecule has 0 saturated carbocycles. The fraction of sp³-hybridized carbons (Fsp3) is 0.0811.